The van der Waals surface area contributed by atoms with E-state index in [4.69, 9.17) is 5.73 Å². The van der Waals surface area contributed by atoms with Gasteiger partial charge in [-0.2, -0.15) is 0 Å². The minimum absolute atomic E-state index is 0.130. The van der Waals surface area contributed by atoms with E-state index in [1.165, 1.54) is 6.08 Å². The molecule has 0 aliphatic carbocycles. The Balaban J connectivity index is 2.13. The quantitative estimate of drug-likeness (QED) is 0.624. The van der Waals surface area contributed by atoms with Gasteiger partial charge in [-0.25, -0.2) is 0 Å². The fourth-order valence-electron chi connectivity index (χ4n) is 2.21. The van der Waals surface area contributed by atoms with E-state index in [9.17, 15) is 9.59 Å². The van der Waals surface area contributed by atoms with Crippen LogP contribution in [-0.2, 0) is 9.59 Å². The van der Waals surface area contributed by atoms with Crippen molar-refractivity contribution in [3.63, 3.8) is 0 Å². The summed E-state index contributed by atoms with van der Waals surface area (Å²) < 4.78 is 0. The van der Waals surface area contributed by atoms with Crippen molar-refractivity contribution >= 4 is 23.6 Å². The molecule has 1 heterocycles. The van der Waals surface area contributed by atoms with Crippen molar-refractivity contribution in [2.75, 3.05) is 18.8 Å². The minimum atomic E-state index is -0.824. The van der Waals surface area contributed by atoms with Gasteiger partial charge in [0.1, 0.15) is 5.54 Å². The Morgan fingerprint density at radius 3 is 2.90 bits per heavy atom. The molecule has 1 fully saturated rings. The van der Waals surface area contributed by atoms with Gasteiger partial charge in [0.15, 0.2) is 0 Å². The van der Waals surface area contributed by atoms with E-state index in [-0.39, 0.29) is 11.8 Å². The first-order valence-electron chi connectivity index (χ1n) is 6.55. The van der Waals surface area contributed by atoms with Crippen LogP contribution < -0.4 is 11.1 Å². The monoisotopic (exact) mass is 273 g/mol. The largest absolute Gasteiger partial charge is 0.399 e. The molecule has 5 heteroatoms. The van der Waals surface area contributed by atoms with E-state index < -0.39 is 5.54 Å². The average molecular weight is 273 g/mol. The van der Waals surface area contributed by atoms with Crippen molar-refractivity contribution in [1.82, 2.24) is 10.2 Å². The van der Waals surface area contributed by atoms with Crippen LogP contribution in [0.5, 0.6) is 0 Å². The minimum Gasteiger partial charge on any atom is -0.399 e. The van der Waals surface area contributed by atoms with Crippen molar-refractivity contribution < 1.29 is 9.59 Å². The van der Waals surface area contributed by atoms with Crippen LogP contribution in [0.3, 0.4) is 0 Å². The molecule has 3 N–H and O–H groups in total. The third kappa shape index (κ3) is 2.82. The first-order valence-corrected chi connectivity index (χ1v) is 6.55. The molecule has 0 saturated carbocycles. The Morgan fingerprint density at radius 1 is 1.45 bits per heavy atom. The molecule has 0 radical (unpaired) electrons. The maximum atomic E-state index is 12.2. The highest BCUT2D eigenvalue weighted by Crippen LogP contribution is 2.18. The summed E-state index contributed by atoms with van der Waals surface area (Å²) in [5.41, 5.74) is 6.37. The van der Waals surface area contributed by atoms with E-state index in [0.29, 0.717) is 18.8 Å². The smallest absolute Gasteiger partial charge is 0.247 e. The number of nitrogens with one attached hydrogen (secondary N) is 1. The second kappa shape index (κ2) is 5.36. The molecule has 1 aliphatic heterocycles. The molecule has 1 aromatic carbocycles. The van der Waals surface area contributed by atoms with Gasteiger partial charge in [0.2, 0.25) is 11.8 Å². The van der Waals surface area contributed by atoms with Crippen LogP contribution in [0.2, 0.25) is 0 Å². The lowest BCUT2D eigenvalue weighted by Gasteiger charge is -2.40. The second-order valence-corrected chi connectivity index (χ2v) is 5.31. The molecule has 0 spiro atoms. The molecule has 0 bridgehead atoms. The molecule has 2 amide bonds. The number of carbonyl (C=O) groups is 2. The number of nitrogen functional groups attached to an aromatic ring is 1. The van der Waals surface area contributed by atoms with Crippen LogP contribution >= 0.6 is 0 Å². The number of rotatable bonds is 2. The molecule has 5 nitrogen and oxygen atoms in total. The highest BCUT2D eigenvalue weighted by atomic mass is 16.2. The number of anilines is 1. The first-order chi connectivity index (χ1) is 9.41. The van der Waals surface area contributed by atoms with Crippen molar-refractivity contribution in [3.05, 3.63) is 35.9 Å². The fourth-order valence-corrected chi connectivity index (χ4v) is 2.21. The van der Waals surface area contributed by atoms with Gasteiger partial charge in [0, 0.05) is 24.9 Å². The van der Waals surface area contributed by atoms with Crippen molar-refractivity contribution in [3.8, 4) is 0 Å². The summed E-state index contributed by atoms with van der Waals surface area (Å²) in [5.74, 6) is -0.304. The van der Waals surface area contributed by atoms with Crippen molar-refractivity contribution in [1.29, 1.82) is 0 Å². The maximum Gasteiger partial charge on any atom is 0.247 e. The summed E-state index contributed by atoms with van der Waals surface area (Å²) >= 11 is 0. The van der Waals surface area contributed by atoms with Gasteiger partial charge in [-0.05, 0) is 37.6 Å². The zero-order valence-corrected chi connectivity index (χ0v) is 11.7. The second-order valence-electron chi connectivity index (χ2n) is 5.31. The summed E-state index contributed by atoms with van der Waals surface area (Å²) in [7, 11) is 0. The summed E-state index contributed by atoms with van der Waals surface area (Å²) in [4.78, 5) is 25.6. The molecule has 1 aromatic rings. The lowest BCUT2D eigenvalue weighted by atomic mass is 9.98. The Kier molecular flexibility index (Phi) is 3.79. The number of hydrogen-bond donors (Lipinski definition) is 2. The van der Waals surface area contributed by atoms with Gasteiger partial charge in [-0.3, -0.25) is 9.59 Å². The first kappa shape index (κ1) is 14.1. The number of nitrogens with zero attached hydrogens (tertiary/aromatic N) is 1. The van der Waals surface area contributed by atoms with Gasteiger partial charge in [-0.15, -0.1) is 0 Å². The van der Waals surface area contributed by atoms with Gasteiger partial charge >= 0.3 is 0 Å². The van der Waals surface area contributed by atoms with Gasteiger partial charge in [-0.1, -0.05) is 12.1 Å². The predicted molar refractivity (Wildman–Crippen MR) is 78.7 cm³/mol. The number of benzene rings is 1. The van der Waals surface area contributed by atoms with Crippen molar-refractivity contribution in [2.24, 2.45) is 0 Å². The van der Waals surface area contributed by atoms with Crippen molar-refractivity contribution in [2.45, 2.75) is 19.4 Å². The lowest BCUT2D eigenvalue weighted by molar-refractivity contribution is -0.146. The zero-order chi connectivity index (χ0) is 14.8. The van der Waals surface area contributed by atoms with Crippen LogP contribution in [0.15, 0.2) is 30.3 Å². The molecule has 0 atom stereocenters. The molecule has 0 unspecified atom stereocenters. The van der Waals surface area contributed by atoms with Crippen LogP contribution in [0.1, 0.15) is 19.4 Å². The van der Waals surface area contributed by atoms with Gasteiger partial charge < -0.3 is 16.0 Å². The fraction of sp³-hybridized carbons (Fsp3) is 0.333. The predicted octanol–water partition coefficient (Wildman–Crippen LogP) is 1.02. The normalized spacial score (nSPS) is 18.1. The molecule has 1 aliphatic rings. The summed E-state index contributed by atoms with van der Waals surface area (Å²) in [6.07, 6.45) is 3.19. The number of amides is 2. The van der Waals surface area contributed by atoms with E-state index in [2.05, 4.69) is 5.32 Å². The van der Waals surface area contributed by atoms with E-state index in [0.717, 1.165) is 5.56 Å². The Labute approximate surface area is 118 Å². The molecular weight excluding hydrogens is 254 g/mol. The van der Waals surface area contributed by atoms with E-state index >= 15 is 0 Å². The summed E-state index contributed by atoms with van der Waals surface area (Å²) in [6, 6.07) is 7.28. The highest BCUT2D eigenvalue weighted by molar-refractivity contribution is 5.98. The van der Waals surface area contributed by atoms with Crippen LogP contribution in [0.4, 0.5) is 5.69 Å². The Morgan fingerprint density at radius 2 is 2.20 bits per heavy atom. The summed E-state index contributed by atoms with van der Waals surface area (Å²) in [5, 5.41) is 2.76. The topological polar surface area (TPSA) is 75.4 Å². The lowest BCUT2D eigenvalue weighted by Crippen LogP contribution is -2.63. The van der Waals surface area contributed by atoms with E-state index in [1.54, 1.807) is 37.0 Å². The molecule has 2 rings (SSSR count). The summed E-state index contributed by atoms with van der Waals surface area (Å²) in [6.45, 7) is 4.49. The number of hydrogen-bond acceptors (Lipinski definition) is 3. The van der Waals surface area contributed by atoms with Gasteiger partial charge in [0.25, 0.3) is 0 Å². The third-order valence-corrected chi connectivity index (χ3v) is 3.45. The maximum absolute atomic E-state index is 12.2. The zero-order valence-electron chi connectivity index (χ0n) is 11.7. The standard InChI is InChI=1S/C15H19N3O2/c1-15(2)14(20)17-8-9-18(15)13(19)7-6-11-4-3-5-12(16)10-11/h3-7,10H,8-9,16H2,1-2H3,(H,17,20)/b7-6+. The van der Waals surface area contributed by atoms with Crippen LogP contribution in [0, 0.1) is 0 Å². The SMILES string of the molecule is CC1(C)C(=O)NCCN1C(=O)/C=C/c1cccc(N)c1. The number of nitrogens with two attached hydrogens (primary N) is 1. The molecule has 1 saturated heterocycles. The molecule has 20 heavy (non-hydrogen) atoms. The Hall–Kier alpha value is -2.30. The number of carbonyl (C=O) groups excluding carboxylic acids is 2. The Bertz CT molecular complexity index is 564. The number of piperazine rings is 1. The average Bonchev–Trinajstić information content (AvgIpc) is 2.39. The molecule has 106 valence electrons. The van der Waals surface area contributed by atoms with Crippen LogP contribution in [0.25, 0.3) is 6.08 Å². The van der Waals surface area contributed by atoms with E-state index in [1.807, 2.05) is 12.1 Å². The highest BCUT2D eigenvalue weighted by Gasteiger charge is 2.39. The molecule has 0 aromatic heterocycles. The third-order valence-electron chi connectivity index (χ3n) is 3.45. The van der Waals surface area contributed by atoms with Gasteiger partial charge in [0.05, 0.1) is 0 Å². The molecular formula is C15H19N3O2. The van der Waals surface area contributed by atoms with Crippen LogP contribution in [-0.4, -0.2) is 35.3 Å².